The fraction of sp³-hybridized carbons (Fsp3) is 0.778. The number of rotatable bonds is 3. The topological polar surface area (TPSA) is 9.23 Å². The highest BCUT2D eigenvalue weighted by molar-refractivity contribution is 6.69. The molecule has 2 heteroatoms. The van der Waals surface area contributed by atoms with Crippen LogP contribution >= 0.6 is 0 Å². The lowest BCUT2D eigenvalue weighted by Crippen LogP contribution is -2.32. The molecule has 1 saturated carbocycles. The van der Waals surface area contributed by atoms with Crippen LogP contribution in [0.1, 0.15) is 19.8 Å². The molecule has 11 heavy (non-hydrogen) atoms. The summed E-state index contributed by atoms with van der Waals surface area (Å²) in [7, 11) is -1.32. The van der Waals surface area contributed by atoms with Crippen molar-refractivity contribution >= 4 is 8.32 Å². The minimum atomic E-state index is -1.32. The lowest BCUT2D eigenvalue weighted by atomic mass is 10.3. The van der Waals surface area contributed by atoms with E-state index in [2.05, 4.69) is 38.7 Å². The molecule has 0 aromatic heterocycles. The molecule has 0 unspecified atom stereocenters. The predicted molar refractivity (Wildman–Crippen MR) is 51.2 cm³/mol. The lowest BCUT2D eigenvalue weighted by molar-refractivity contribution is 0.222. The smallest absolute Gasteiger partial charge is 0.184 e. The Balaban J connectivity index is 2.48. The van der Waals surface area contributed by atoms with Gasteiger partial charge in [-0.1, -0.05) is 12.2 Å². The number of hydrogen-bond acceptors (Lipinski definition) is 1. The van der Waals surface area contributed by atoms with Gasteiger partial charge in [0.15, 0.2) is 8.32 Å². The molecule has 0 atom stereocenters. The van der Waals surface area contributed by atoms with Crippen LogP contribution in [0.25, 0.3) is 0 Å². The molecule has 1 fully saturated rings. The summed E-state index contributed by atoms with van der Waals surface area (Å²) in [5.41, 5.74) is 0.166. The Labute approximate surface area is 70.6 Å². The van der Waals surface area contributed by atoms with Crippen molar-refractivity contribution in [2.24, 2.45) is 0 Å². The minimum Gasteiger partial charge on any atom is -0.409 e. The Kier molecular flexibility index (Phi) is 2.26. The maximum Gasteiger partial charge on any atom is 0.184 e. The molecule has 0 amide bonds. The molecule has 0 aliphatic heterocycles. The molecule has 0 heterocycles. The third kappa shape index (κ3) is 2.79. The minimum absolute atomic E-state index is 0.166. The van der Waals surface area contributed by atoms with Gasteiger partial charge in [-0.3, -0.25) is 0 Å². The van der Waals surface area contributed by atoms with Gasteiger partial charge in [0.25, 0.3) is 0 Å². The molecular weight excluding hydrogens is 152 g/mol. The van der Waals surface area contributed by atoms with Gasteiger partial charge >= 0.3 is 0 Å². The van der Waals surface area contributed by atoms with Gasteiger partial charge in [0.2, 0.25) is 0 Å². The van der Waals surface area contributed by atoms with Crippen molar-refractivity contribution in [1.29, 1.82) is 0 Å². The van der Waals surface area contributed by atoms with E-state index < -0.39 is 8.32 Å². The highest BCUT2D eigenvalue weighted by Gasteiger charge is 2.44. The standard InChI is InChI=1S/C9H18OSi/c1-5-6-9(7-8-9)10-11(2,3)4/h5-6H,7-8H2,1-4H3/b6-5+. The number of hydrogen-bond donors (Lipinski definition) is 0. The molecule has 0 N–H and O–H groups in total. The molecule has 64 valence electrons. The zero-order valence-corrected chi connectivity index (χ0v) is 8.98. The van der Waals surface area contributed by atoms with Crippen LogP contribution < -0.4 is 0 Å². The maximum atomic E-state index is 6.03. The lowest BCUT2D eigenvalue weighted by Gasteiger charge is -2.23. The van der Waals surface area contributed by atoms with Crippen LogP contribution in [0.2, 0.25) is 19.6 Å². The summed E-state index contributed by atoms with van der Waals surface area (Å²) in [6.45, 7) is 8.80. The van der Waals surface area contributed by atoms with Gasteiger partial charge in [0.05, 0.1) is 5.60 Å². The van der Waals surface area contributed by atoms with Crippen LogP contribution in [0.5, 0.6) is 0 Å². The van der Waals surface area contributed by atoms with Gasteiger partial charge in [0, 0.05) is 0 Å². The molecule has 0 aromatic rings. The Morgan fingerprint density at radius 2 is 1.82 bits per heavy atom. The molecule has 1 aliphatic carbocycles. The summed E-state index contributed by atoms with van der Waals surface area (Å²) in [4.78, 5) is 0. The van der Waals surface area contributed by atoms with Crippen molar-refractivity contribution < 1.29 is 4.43 Å². The van der Waals surface area contributed by atoms with E-state index in [0.29, 0.717) is 0 Å². The summed E-state index contributed by atoms with van der Waals surface area (Å²) < 4.78 is 6.03. The van der Waals surface area contributed by atoms with Crippen LogP contribution in [-0.2, 0) is 4.43 Å². The van der Waals surface area contributed by atoms with E-state index in [9.17, 15) is 0 Å². The van der Waals surface area contributed by atoms with Crippen molar-refractivity contribution in [3.8, 4) is 0 Å². The average molecular weight is 170 g/mol. The van der Waals surface area contributed by atoms with Crippen LogP contribution in [0.15, 0.2) is 12.2 Å². The summed E-state index contributed by atoms with van der Waals surface area (Å²) >= 11 is 0. The third-order valence-corrected chi connectivity index (χ3v) is 2.74. The molecular formula is C9H18OSi. The second-order valence-electron chi connectivity index (χ2n) is 4.28. The van der Waals surface area contributed by atoms with Crippen LogP contribution in [0.4, 0.5) is 0 Å². The van der Waals surface area contributed by atoms with E-state index >= 15 is 0 Å². The zero-order chi connectivity index (χ0) is 8.54. The molecule has 0 bridgehead atoms. The normalized spacial score (nSPS) is 22.5. The first kappa shape index (κ1) is 9.01. The largest absolute Gasteiger partial charge is 0.409 e. The highest BCUT2D eigenvalue weighted by Crippen LogP contribution is 2.42. The van der Waals surface area contributed by atoms with Crippen molar-refractivity contribution in [2.45, 2.75) is 45.0 Å². The van der Waals surface area contributed by atoms with Crippen LogP contribution in [0, 0.1) is 0 Å². The summed E-state index contributed by atoms with van der Waals surface area (Å²) in [6.07, 6.45) is 6.77. The summed E-state index contributed by atoms with van der Waals surface area (Å²) in [6, 6.07) is 0. The van der Waals surface area contributed by atoms with Gasteiger partial charge in [-0.25, -0.2) is 0 Å². The second-order valence-corrected chi connectivity index (χ2v) is 8.71. The van der Waals surface area contributed by atoms with Crippen LogP contribution in [-0.4, -0.2) is 13.9 Å². The Hall–Kier alpha value is -0.0831. The fourth-order valence-corrected chi connectivity index (χ4v) is 2.83. The molecule has 0 saturated heterocycles. The molecule has 0 spiro atoms. The average Bonchev–Trinajstić information content (AvgIpc) is 2.44. The van der Waals surface area contributed by atoms with E-state index in [4.69, 9.17) is 4.43 Å². The third-order valence-electron chi connectivity index (χ3n) is 1.72. The second kappa shape index (κ2) is 2.76. The molecule has 0 aromatic carbocycles. The SMILES string of the molecule is C/C=C/C1(O[Si](C)(C)C)CC1. The first-order valence-corrected chi connectivity index (χ1v) is 7.72. The van der Waals surface area contributed by atoms with Crippen LogP contribution in [0.3, 0.4) is 0 Å². The fourth-order valence-electron chi connectivity index (χ4n) is 1.34. The van der Waals surface area contributed by atoms with Crippen molar-refractivity contribution in [2.75, 3.05) is 0 Å². The van der Waals surface area contributed by atoms with E-state index in [1.165, 1.54) is 12.8 Å². The predicted octanol–water partition coefficient (Wildman–Crippen LogP) is 2.95. The Bertz CT molecular complexity index is 163. The molecule has 1 rings (SSSR count). The molecule has 1 nitrogen and oxygen atoms in total. The maximum absolute atomic E-state index is 6.03. The zero-order valence-electron chi connectivity index (χ0n) is 7.98. The first-order chi connectivity index (χ1) is 4.97. The van der Waals surface area contributed by atoms with Gasteiger partial charge in [-0.2, -0.15) is 0 Å². The Morgan fingerprint density at radius 3 is 2.09 bits per heavy atom. The number of allylic oxidation sites excluding steroid dienone is 1. The van der Waals surface area contributed by atoms with Gasteiger partial charge < -0.3 is 4.43 Å². The van der Waals surface area contributed by atoms with Gasteiger partial charge in [-0.05, 0) is 39.4 Å². The quantitative estimate of drug-likeness (QED) is 0.467. The van der Waals surface area contributed by atoms with E-state index in [0.717, 1.165) is 0 Å². The monoisotopic (exact) mass is 170 g/mol. The van der Waals surface area contributed by atoms with E-state index in [1.807, 2.05) is 0 Å². The van der Waals surface area contributed by atoms with Crippen molar-refractivity contribution in [3.63, 3.8) is 0 Å². The van der Waals surface area contributed by atoms with E-state index in [-0.39, 0.29) is 5.60 Å². The molecule has 1 aliphatic rings. The molecule has 0 radical (unpaired) electrons. The van der Waals surface area contributed by atoms with Gasteiger partial charge in [-0.15, -0.1) is 0 Å². The summed E-state index contributed by atoms with van der Waals surface area (Å²) in [5.74, 6) is 0. The summed E-state index contributed by atoms with van der Waals surface area (Å²) in [5, 5.41) is 0. The Morgan fingerprint density at radius 1 is 1.27 bits per heavy atom. The first-order valence-electron chi connectivity index (χ1n) is 4.31. The highest BCUT2D eigenvalue weighted by atomic mass is 28.4. The van der Waals surface area contributed by atoms with Gasteiger partial charge in [0.1, 0.15) is 0 Å². The van der Waals surface area contributed by atoms with Crippen molar-refractivity contribution in [3.05, 3.63) is 12.2 Å². The van der Waals surface area contributed by atoms with E-state index in [1.54, 1.807) is 0 Å². The van der Waals surface area contributed by atoms with Crippen molar-refractivity contribution in [1.82, 2.24) is 0 Å².